The quantitative estimate of drug-likeness (QED) is 0.0712. The van der Waals surface area contributed by atoms with Gasteiger partial charge in [-0.3, -0.25) is 19.3 Å². The normalized spacial score (nSPS) is 18.7. The van der Waals surface area contributed by atoms with E-state index in [0.29, 0.717) is 17.0 Å². The smallest absolute Gasteiger partial charge is 0.352 e. The van der Waals surface area contributed by atoms with Crippen LogP contribution in [-0.2, 0) is 24.0 Å². The second kappa shape index (κ2) is 12.0. The number of carboxylic acids is 1. The summed E-state index contributed by atoms with van der Waals surface area (Å²) >= 11 is 9.24. The summed E-state index contributed by atoms with van der Waals surface area (Å²) in [6.45, 7) is 1.84. The first-order valence-corrected chi connectivity index (χ1v) is 15.1. The van der Waals surface area contributed by atoms with E-state index in [4.69, 9.17) is 16.4 Å². The number of thiazole rings is 1. The van der Waals surface area contributed by atoms with Gasteiger partial charge in [0.15, 0.2) is 16.5 Å². The maximum atomic E-state index is 13.1. The van der Waals surface area contributed by atoms with E-state index in [0.717, 1.165) is 22.1 Å². The van der Waals surface area contributed by atoms with Crippen LogP contribution < -0.4 is 10.6 Å². The summed E-state index contributed by atoms with van der Waals surface area (Å²) in [6.07, 6.45) is 1.53. The van der Waals surface area contributed by atoms with E-state index < -0.39 is 35.1 Å². The first-order valence-electron chi connectivity index (χ1n) is 11.7. The molecule has 19 heteroatoms. The number of alkyl halides is 1. The van der Waals surface area contributed by atoms with E-state index in [9.17, 15) is 24.3 Å². The number of aromatic nitrogens is 5. The van der Waals surface area contributed by atoms with E-state index in [1.54, 1.807) is 4.52 Å². The Hall–Kier alpha value is -3.74. The SMILES string of the molecule is CO/N=C(\C(=O)N[C@@H]1C(=O)N2C(C(=O)O)=C(CSc3cc(C)nc4cnnn34)CS[C@H]12)c1csc(NC(=O)CCl)n1. The van der Waals surface area contributed by atoms with Crippen molar-refractivity contribution in [3.05, 3.63) is 40.3 Å². The maximum Gasteiger partial charge on any atom is 0.352 e. The number of aryl methyl sites for hydroxylation is 1. The number of oxime groups is 1. The number of nitrogens with zero attached hydrogens (tertiary/aromatic N) is 7. The lowest BCUT2D eigenvalue weighted by Gasteiger charge is -2.49. The molecular formula is C22H20ClN9O6S3. The van der Waals surface area contributed by atoms with Crippen LogP contribution in [0, 0.1) is 6.92 Å². The van der Waals surface area contributed by atoms with Crippen molar-refractivity contribution in [2.45, 2.75) is 23.4 Å². The molecule has 15 nitrogen and oxygen atoms in total. The number of carbonyl (C=O) groups is 4. The molecular weight excluding hydrogens is 618 g/mol. The first kappa shape index (κ1) is 28.8. The minimum atomic E-state index is -1.24. The van der Waals surface area contributed by atoms with Crippen LogP contribution in [-0.4, -0.2) is 100 Å². The lowest BCUT2D eigenvalue weighted by atomic mass is 10.0. The predicted octanol–water partition coefficient (Wildman–Crippen LogP) is 0.948. The van der Waals surface area contributed by atoms with Gasteiger partial charge in [-0.2, -0.15) is 4.52 Å². The summed E-state index contributed by atoms with van der Waals surface area (Å²) in [7, 11) is 1.24. The zero-order valence-electron chi connectivity index (χ0n) is 21.2. The van der Waals surface area contributed by atoms with Gasteiger partial charge in [-0.05, 0) is 18.6 Å². The number of halogens is 1. The van der Waals surface area contributed by atoms with Crippen LogP contribution in [0.1, 0.15) is 11.4 Å². The largest absolute Gasteiger partial charge is 0.477 e. The number of rotatable bonds is 10. The van der Waals surface area contributed by atoms with Gasteiger partial charge in [0.1, 0.15) is 40.8 Å². The second-order valence-electron chi connectivity index (χ2n) is 8.49. The molecule has 0 aliphatic carbocycles. The van der Waals surface area contributed by atoms with E-state index in [-0.39, 0.29) is 33.9 Å². The lowest BCUT2D eigenvalue weighted by molar-refractivity contribution is -0.150. The topological polar surface area (TPSA) is 193 Å². The van der Waals surface area contributed by atoms with Crippen molar-refractivity contribution in [3.63, 3.8) is 0 Å². The van der Waals surface area contributed by atoms with Gasteiger partial charge in [-0.25, -0.2) is 14.8 Å². The summed E-state index contributed by atoms with van der Waals surface area (Å²) in [5.41, 5.74) is 1.66. The van der Waals surface area contributed by atoms with E-state index in [2.05, 4.69) is 36.1 Å². The Balaban J connectivity index is 1.30. The molecule has 2 aliphatic heterocycles. The summed E-state index contributed by atoms with van der Waals surface area (Å²) in [6, 6.07) is 0.827. The molecule has 2 atom stereocenters. The third-order valence-electron chi connectivity index (χ3n) is 5.81. The zero-order valence-corrected chi connectivity index (χ0v) is 24.4. The molecule has 41 heavy (non-hydrogen) atoms. The number of carbonyl (C=O) groups excluding carboxylic acids is 3. The van der Waals surface area contributed by atoms with Gasteiger partial charge < -0.3 is 20.6 Å². The van der Waals surface area contributed by atoms with Gasteiger partial charge in [0.25, 0.3) is 11.8 Å². The average molecular weight is 638 g/mol. The summed E-state index contributed by atoms with van der Waals surface area (Å²) in [4.78, 5) is 64.5. The number of hydrogen-bond acceptors (Lipinski definition) is 13. The van der Waals surface area contributed by atoms with Crippen molar-refractivity contribution in [2.75, 3.05) is 29.8 Å². The molecule has 0 bridgehead atoms. The van der Waals surface area contributed by atoms with Crippen LogP contribution >= 0.6 is 46.5 Å². The number of aliphatic carboxylic acids is 1. The molecule has 3 N–H and O–H groups in total. The van der Waals surface area contributed by atoms with Gasteiger partial charge >= 0.3 is 5.97 Å². The third-order valence-corrected chi connectivity index (χ3v) is 9.23. The number of carboxylic acid groups (broad SMARTS) is 1. The van der Waals surface area contributed by atoms with Crippen molar-refractivity contribution >= 4 is 86.6 Å². The van der Waals surface area contributed by atoms with Crippen LogP contribution in [0.2, 0.25) is 0 Å². The van der Waals surface area contributed by atoms with E-state index >= 15 is 0 Å². The first-order chi connectivity index (χ1) is 19.7. The van der Waals surface area contributed by atoms with Gasteiger partial charge in [0.05, 0.1) is 6.20 Å². The van der Waals surface area contributed by atoms with Gasteiger partial charge in [-0.1, -0.05) is 10.4 Å². The molecule has 2 aliphatic rings. The fourth-order valence-corrected chi connectivity index (χ4v) is 7.39. The number of hydrogen-bond donors (Lipinski definition) is 3. The predicted molar refractivity (Wildman–Crippen MR) is 151 cm³/mol. The van der Waals surface area contributed by atoms with Gasteiger partial charge in [0.2, 0.25) is 5.91 Å². The summed E-state index contributed by atoms with van der Waals surface area (Å²) in [5, 5.41) is 28.5. The van der Waals surface area contributed by atoms with Gasteiger partial charge in [0, 0.05) is 22.6 Å². The number of anilines is 1. The van der Waals surface area contributed by atoms with Crippen molar-refractivity contribution in [1.29, 1.82) is 0 Å². The zero-order chi connectivity index (χ0) is 29.3. The fourth-order valence-electron chi connectivity index (χ4n) is 4.07. The molecule has 0 unspecified atom stereocenters. The Kier molecular flexibility index (Phi) is 8.43. The van der Waals surface area contributed by atoms with Crippen LogP contribution in [0.3, 0.4) is 0 Å². The van der Waals surface area contributed by atoms with Crippen molar-refractivity contribution in [1.82, 2.24) is 35.0 Å². The highest BCUT2D eigenvalue weighted by atomic mass is 35.5. The third kappa shape index (κ3) is 5.72. The van der Waals surface area contributed by atoms with Gasteiger partial charge in [-0.15, -0.1) is 51.6 Å². The summed E-state index contributed by atoms with van der Waals surface area (Å²) < 4.78 is 1.56. The summed E-state index contributed by atoms with van der Waals surface area (Å²) in [5.74, 6) is -2.68. The Morgan fingerprint density at radius 3 is 2.88 bits per heavy atom. The monoisotopic (exact) mass is 637 g/mol. The molecule has 1 fully saturated rings. The molecule has 3 aromatic heterocycles. The van der Waals surface area contributed by atoms with Crippen molar-refractivity contribution in [3.8, 4) is 0 Å². The minimum absolute atomic E-state index is 0.109. The van der Waals surface area contributed by atoms with Crippen LogP contribution in [0.5, 0.6) is 0 Å². The number of thioether (sulfide) groups is 2. The molecule has 3 amide bonds. The van der Waals surface area contributed by atoms with Crippen molar-refractivity contribution < 1.29 is 29.1 Å². The highest BCUT2D eigenvalue weighted by Gasteiger charge is 2.54. The lowest BCUT2D eigenvalue weighted by Crippen LogP contribution is -2.71. The molecule has 0 radical (unpaired) electrons. The van der Waals surface area contributed by atoms with Crippen molar-refractivity contribution in [2.24, 2.45) is 5.16 Å². The molecule has 0 aromatic carbocycles. The number of nitrogens with one attached hydrogen (secondary N) is 2. The van der Waals surface area contributed by atoms with E-state index in [1.165, 1.54) is 47.1 Å². The Labute approximate surface area is 248 Å². The van der Waals surface area contributed by atoms with Crippen LogP contribution in [0.15, 0.2) is 39.1 Å². The average Bonchev–Trinajstić information content (AvgIpc) is 3.62. The van der Waals surface area contributed by atoms with Crippen LogP contribution in [0.4, 0.5) is 5.13 Å². The number of amides is 3. The Morgan fingerprint density at radius 2 is 2.15 bits per heavy atom. The number of fused-ring (bicyclic) bond motifs is 2. The molecule has 214 valence electrons. The number of β-lactam (4-membered cyclic amide) rings is 1. The highest BCUT2D eigenvalue weighted by Crippen LogP contribution is 2.41. The minimum Gasteiger partial charge on any atom is -0.477 e. The molecule has 1 saturated heterocycles. The fraction of sp³-hybridized carbons (Fsp3) is 0.318. The Morgan fingerprint density at radius 1 is 1.34 bits per heavy atom. The standard InChI is InChI=1S/C22H20ClN9O6S3/c1-9-3-14(32-12(25-9)5-24-30-32)39-6-10-7-40-20-16(19(35)31(20)17(10)21(36)37)28-18(34)15(29-38-2)11-8-41-22(26-11)27-13(33)4-23/h3,5,8,16,20H,4,6-7H2,1-2H3,(H,28,34)(H,36,37)(H,26,27,33)/b29-15-/t16-,20-/m1/s1. The van der Waals surface area contributed by atoms with Crippen LogP contribution in [0.25, 0.3) is 5.65 Å². The molecule has 5 heterocycles. The Bertz CT molecular complexity index is 1620. The molecule has 0 saturated carbocycles. The van der Waals surface area contributed by atoms with E-state index in [1.807, 2.05) is 13.0 Å². The molecule has 5 rings (SSSR count). The molecule has 3 aromatic rings. The maximum absolute atomic E-state index is 13.1. The highest BCUT2D eigenvalue weighted by molar-refractivity contribution is 8.01. The molecule has 0 spiro atoms. The second-order valence-corrected chi connectivity index (χ2v) is 11.7.